The molecule has 0 rings (SSSR count). The molecule has 0 heterocycles. The highest BCUT2D eigenvalue weighted by atomic mass is 16.4. The highest BCUT2D eigenvalue weighted by molar-refractivity contribution is 5.88. The van der Waals surface area contributed by atoms with Crippen LogP contribution in [0.2, 0.25) is 0 Å². The minimum atomic E-state index is -1.000. The number of carboxylic acids is 1. The van der Waals surface area contributed by atoms with Crippen molar-refractivity contribution in [1.82, 2.24) is 10.2 Å². The Morgan fingerprint density at radius 2 is 1.64 bits per heavy atom. The summed E-state index contributed by atoms with van der Waals surface area (Å²) in [6.07, 6.45) is 4.89. The Hall–Kier alpha value is -1.85. The number of carbonyl (C=O) groups is 3. The maximum atomic E-state index is 12.9. The van der Waals surface area contributed by atoms with Gasteiger partial charge in [-0.2, -0.15) is 0 Å². The lowest BCUT2D eigenvalue weighted by Crippen LogP contribution is -2.48. The van der Waals surface area contributed by atoms with E-state index in [9.17, 15) is 14.4 Å². The molecule has 0 aromatic heterocycles. The third-order valence-electron chi connectivity index (χ3n) is 5.95. The molecule has 0 bridgehead atoms. The van der Waals surface area contributed by atoms with Crippen molar-refractivity contribution in [2.24, 2.45) is 17.3 Å². The van der Waals surface area contributed by atoms with E-state index in [1.54, 1.807) is 13.1 Å². The van der Waals surface area contributed by atoms with Crippen LogP contribution in [-0.4, -0.2) is 47.4 Å². The van der Waals surface area contributed by atoms with Gasteiger partial charge in [-0.05, 0) is 38.0 Å². The van der Waals surface area contributed by atoms with Gasteiger partial charge in [0.05, 0.1) is 12.6 Å². The lowest BCUT2D eigenvalue weighted by Gasteiger charge is -2.33. The zero-order valence-electron chi connectivity index (χ0n) is 19.0. The van der Waals surface area contributed by atoms with Gasteiger partial charge in [-0.1, -0.05) is 54.0 Å². The van der Waals surface area contributed by atoms with Crippen LogP contribution < -0.4 is 5.32 Å². The zero-order chi connectivity index (χ0) is 22.1. The quantitative estimate of drug-likeness (QED) is 0.490. The maximum Gasteiger partial charge on any atom is 0.331 e. The molecule has 2 N–H and O–H groups in total. The first-order valence-corrected chi connectivity index (χ1v) is 10.4. The van der Waals surface area contributed by atoms with E-state index in [0.717, 1.165) is 25.7 Å². The van der Waals surface area contributed by atoms with Crippen LogP contribution in [0.5, 0.6) is 0 Å². The summed E-state index contributed by atoms with van der Waals surface area (Å²) in [5, 5.41) is 12.0. The molecule has 2 amide bonds. The molecule has 0 aromatic rings. The Balaban J connectivity index is 5.20. The smallest absolute Gasteiger partial charge is 0.331 e. The van der Waals surface area contributed by atoms with E-state index < -0.39 is 11.4 Å². The standard InChI is InChI=1S/C22H40N2O4/c1-9-16(6)13-22(10-2,11-3)21(28)23-14-19(25)24(8)18(15(4)5)12-17(7)20(26)27/h12,15-16,18H,9-11,13-14H2,1-8H3,(H,23,28)(H,26,27)/b17-12+/t16?,18-/m1/s1. The van der Waals surface area contributed by atoms with Crippen molar-refractivity contribution >= 4 is 17.8 Å². The molecule has 28 heavy (non-hydrogen) atoms. The molecule has 0 aliphatic heterocycles. The van der Waals surface area contributed by atoms with Crippen molar-refractivity contribution in [2.45, 2.75) is 80.2 Å². The molecule has 0 fully saturated rings. The van der Waals surface area contributed by atoms with Crippen LogP contribution in [0.15, 0.2) is 11.6 Å². The summed E-state index contributed by atoms with van der Waals surface area (Å²) in [7, 11) is 1.65. The van der Waals surface area contributed by atoms with Crippen LogP contribution in [0.25, 0.3) is 0 Å². The van der Waals surface area contributed by atoms with E-state index in [4.69, 9.17) is 5.11 Å². The molecule has 6 heteroatoms. The maximum absolute atomic E-state index is 12.9. The van der Waals surface area contributed by atoms with Gasteiger partial charge in [0.25, 0.3) is 0 Å². The fourth-order valence-corrected chi connectivity index (χ4v) is 3.48. The van der Waals surface area contributed by atoms with Crippen LogP contribution in [0.4, 0.5) is 0 Å². The fourth-order valence-electron chi connectivity index (χ4n) is 3.48. The first-order valence-electron chi connectivity index (χ1n) is 10.4. The van der Waals surface area contributed by atoms with E-state index in [2.05, 4.69) is 19.2 Å². The molecule has 2 atom stereocenters. The van der Waals surface area contributed by atoms with Gasteiger partial charge in [0.1, 0.15) is 0 Å². The molecule has 0 radical (unpaired) electrons. The predicted octanol–water partition coefficient (Wildman–Crippen LogP) is 3.86. The third-order valence-corrected chi connectivity index (χ3v) is 5.95. The average molecular weight is 397 g/mol. The third kappa shape index (κ3) is 7.28. The number of nitrogens with zero attached hydrogens (tertiary/aromatic N) is 1. The second kappa shape index (κ2) is 11.9. The Morgan fingerprint density at radius 1 is 1.11 bits per heavy atom. The molecule has 6 nitrogen and oxygen atoms in total. The average Bonchev–Trinajstić information content (AvgIpc) is 2.66. The van der Waals surface area contributed by atoms with Gasteiger partial charge in [-0.15, -0.1) is 0 Å². The lowest BCUT2D eigenvalue weighted by atomic mass is 9.74. The monoisotopic (exact) mass is 396 g/mol. The van der Waals surface area contributed by atoms with Crippen molar-refractivity contribution in [3.05, 3.63) is 11.6 Å². The predicted molar refractivity (Wildman–Crippen MR) is 113 cm³/mol. The minimum Gasteiger partial charge on any atom is -0.478 e. The van der Waals surface area contributed by atoms with Crippen molar-refractivity contribution in [1.29, 1.82) is 0 Å². The zero-order valence-corrected chi connectivity index (χ0v) is 19.0. The summed E-state index contributed by atoms with van der Waals surface area (Å²) in [6.45, 7) is 13.6. The van der Waals surface area contributed by atoms with E-state index >= 15 is 0 Å². The molecule has 0 aliphatic carbocycles. The second-order valence-electron chi connectivity index (χ2n) is 8.28. The number of amides is 2. The van der Waals surface area contributed by atoms with Crippen LogP contribution >= 0.6 is 0 Å². The van der Waals surface area contributed by atoms with Crippen LogP contribution in [0.1, 0.15) is 74.1 Å². The van der Waals surface area contributed by atoms with Crippen molar-refractivity contribution in [3.63, 3.8) is 0 Å². The van der Waals surface area contributed by atoms with Gasteiger partial charge in [0.2, 0.25) is 11.8 Å². The van der Waals surface area contributed by atoms with Crippen LogP contribution in [0, 0.1) is 17.3 Å². The van der Waals surface area contributed by atoms with Crippen LogP contribution in [-0.2, 0) is 14.4 Å². The molecule has 0 saturated carbocycles. The number of rotatable bonds is 12. The lowest BCUT2D eigenvalue weighted by molar-refractivity contribution is -0.137. The Morgan fingerprint density at radius 3 is 2.04 bits per heavy atom. The number of likely N-dealkylation sites (N-methyl/N-ethyl adjacent to an activating group) is 1. The summed E-state index contributed by atoms with van der Waals surface area (Å²) in [5.74, 6) is -0.808. The molecule has 0 aliphatic rings. The van der Waals surface area contributed by atoms with Gasteiger partial charge in [-0.3, -0.25) is 9.59 Å². The van der Waals surface area contributed by atoms with Gasteiger partial charge in [-0.25, -0.2) is 4.79 Å². The molecule has 162 valence electrons. The fraction of sp³-hybridized carbons (Fsp3) is 0.773. The number of carboxylic acid groups (broad SMARTS) is 1. The van der Waals surface area contributed by atoms with E-state index in [1.807, 2.05) is 27.7 Å². The summed E-state index contributed by atoms with van der Waals surface area (Å²) < 4.78 is 0. The van der Waals surface area contributed by atoms with E-state index in [1.165, 1.54) is 11.8 Å². The van der Waals surface area contributed by atoms with Gasteiger partial charge < -0.3 is 15.3 Å². The summed E-state index contributed by atoms with van der Waals surface area (Å²) in [5.41, 5.74) is -0.252. The summed E-state index contributed by atoms with van der Waals surface area (Å²) in [4.78, 5) is 38.2. The number of carbonyl (C=O) groups excluding carboxylic acids is 2. The molecule has 0 aromatic carbocycles. The SMILES string of the molecule is CCC(C)CC(CC)(CC)C(=O)NCC(=O)N(C)[C@H](/C=C(\C)C(=O)O)C(C)C. The Labute approximate surface area is 170 Å². The summed E-state index contributed by atoms with van der Waals surface area (Å²) >= 11 is 0. The first-order chi connectivity index (χ1) is 12.9. The highest BCUT2D eigenvalue weighted by Crippen LogP contribution is 2.35. The van der Waals surface area contributed by atoms with Crippen molar-refractivity contribution in [2.75, 3.05) is 13.6 Å². The number of hydrogen-bond donors (Lipinski definition) is 2. The minimum absolute atomic E-state index is 0.0507. The molecular weight excluding hydrogens is 356 g/mol. The van der Waals surface area contributed by atoms with Gasteiger partial charge in [0.15, 0.2) is 0 Å². The topological polar surface area (TPSA) is 86.7 Å². The van der Waals surface area contributed by atoms with Gasteiger partial charge in [0, 0.05) is 18.0 Å². The van der Waals surface area contributed by atoms with Crippen molar-refractivity contribution < 1.29 is 19.5 Å². The van der Waals surface area contributed by atoms with Crippen molar-refractivity contribution in [3.8, 4) is 0 Å². The number of hydrogen-bond acceptors (Lipinski definition) is 3. The largest absolute Gasteiger partial charge is 0.478 e. The Bertz CT molecular complexity index is 565. The number of aliphatic carboxylic acids is 1. The number of nitrogens with one attached hydrogen (secondary N) is 1. The molecule has 1 unspecified atom stereocenters. The molecular formula is C22H40N2O4. The highest BCUT2D eigenvalue weighted by Gasteiger charge is 2.36. The Kier molecular flexibility index (Phi) is 11.1. The molecule has 0 saturated heterocycles. The summed E-state index contributed by atoms with van der Waals surface area (Å²) in [6, 6.07) is -0.345. The van der Waals surface area contributed by atoms with Crippen LogP contribution in [0.3, 0.4) is 0 Å². The van der Waals surface area contributed by atoms with E-state index in [-0.39, 0.29) is 35.9 Å². The first kappa shape index (κ1) is 26.1. The second-order valence-corrected chi connectivity index (χ2v) is 8.28. The van der Waals surface area contributed by atoms with E-state index in [0.29, 0.717) is 5.92 Å². The normalized spacial score (nSPS) is 14.5. The van der Waals surface area contributed by atoms with Gasteiger partial charge >= 0.3 is 5.97 Å². The molecule has 0 spiro atoms.